The number of hydrogen-bond acceptors (Lipinski definition) is 0. The van der Waals surface area contributed by atoms with Crippen molar-refractivity contribution in [3.05, 3.63) is 210 Å². The van der Waals surface area contributed by atoms with Crippen LogP contribution in [0.1, 0.15) is 33.7 Å². The fourth-order valence-corrected chi connectivity index (χ4v) is 9.64. The summed E-state index contributed by atoms with van der Waals surface area (Å²) in [6.45, 7) is 0. The molecule has 9 aromatic carbocycles. The average molecular weight is 672 g/mol. The molecule has 10 aromatic rings. The van der Waals surface area contributed by atoms with Gasteiger partial charge in [-0.3, -0.25) is 0 Å². The van der Waals surface area contributed by atoms with Crippen LogP contribution in [-0.2, 0) is 6.42 Å². The second kappa shape index (κ2) is 10.9. The van der Waals surface area contributed by atoms with Crippen LogP contribution in [0.4, 0.5) is 0 Å². The first-order valence-corrected chi connectivity index (χ1v) is 18.7. The number of aromatic nitrogens is 1. The van der Waals surface area contributed by atoms with Crippen molar-refractivity contribution >= 4 is 43.4 Å². The summed E-state index contributed by atoms with van der Waals surface area (Å²) >= 11 is 0. The second-order valence-electron chi connectivity index (χ2n) is 14.8. The Morgan fingerprint density at radius 3 is 2.00 bits per heavy atom. The first-order chi connectivity index (χ1) is 26.3. The van der Waals surface area contributed by atoms with Gasteiger partial charge in [0, 0.05) is 22.4 Å². The molecule has 0 radical (unpaired) electrons. The summed E-state index contributed by atoms with van der Waals surface area (Å²) in [6.07, 6.45) is 0.975. The normalized spacial score (nSPS) is 14.2. The predicted octanol–water partition coefficient (Wildman–Crippen LogP) is 13.5. The minimum Gasteiger partial charge on any atom is -0.309 e. The molecule has 0 spiro atoms. The number of nitrogens with zero attached hydrogens (tertiary/aromatic N) is 1. The minimum absolute atomic E-state index is 0.203. The van der Waals surface area contributed by atoms with Gasteiger partial charge in [0.1, 0.15) is 0 Å². The molecule has 1 unspecified atom stereocenters. The van der Waals surface area contributed by atoms with Gasteiger partial charge in [0.25, 0.3) is 0 Å². The molecule has 0 fully saturated rings. The quantitative estimate of drug-likeness (QED) is 0.176. The summed E-state index contributed by atoms with van der Waals surface area (Å²) in [7, 11) is 0. The van der Waals surface area contributed by atoms with Gasteiger partial charge >= 0.3 is 0 Å². The molecule has 1 heteroatoms. The van der Waals surface area contributed by atoms with Crippen molar-refractivity contribution in [1.82, 2.24) is 4.57 Å². The van der Waals surface area contributed by atoms with Crippen LogP contribution >= 0.6 is 0 Å². The molecule has 12 rings (SSSR count). The van der Waals surface area contributed by atoms with E-state index in [1.54, 1.807) is 0 Å². The molecule has 0 saturated carbocycles. The molecule has 2 aliphatic rings. The van der Waals surface area contributed by atoms with E-state index in [1.807, 2.05) is 0 Å². The van der Waals surface area contributed by atoms with Gasteiger partial charge in [0.05, 0.1) is 11.0 Å². The maximum absolute atomic E-state index is 2.48. The smallest absolute Gasteiger partial charge is 0.0544 e. The monoisotopic (exact) mass is 671 g/mol. The molecular formula is C52H33N. The fraction of sp³-hybridized carbons (Fsp3) is 0.0385. The highest BCUT2D eigenvalue weighted by Gasteiger charge is 2.31. The van der Waals surface area contributed by atoms with Crippen LogP contribution in [0.2, 0.25) is 0 Å². The fourth-order valence-electron chi connectivity index (χ4n) is 9.64. The number of fused-ring (bicyclic) bond motifs is 11. The van der Waals surface area contributed by atoms with Crippen LogP contribution < -0.4 is 0 Å². The topological polar surface area (TPSA) is 4.93 Å². The summed E-state index contributed by atoms with van der Waals surface area (Å²) in [5.41, 5.74) is 18.6. The van der Waals surface area contributed by atoms with Crippen LogP contribution in [0, 0.1) is 0 Å². The summed E-state index contributed by atoms with van der Waals surface area (Å²) in [5.74, 6) is 0.203. The Labute approximate surface area is 308 Å². The van der Waals surface area contributed by atoms with Crippen LogP contribution in [0.5, 0.6) is 0 Å². The van der Waals surface area contributed by atoms with Gasteiger partial charge in [-0.15, -0.1) is 0 Å². The van der Waals surface area contributed by atoms with Gasteiger partial charge < -0.3 is 4.57 Å². The van der Waals surface area contributed by atoms with E-state index in [-0.39, 0.29) is 5.92 Å². The maximum atomic E-state index is 2.48. The van der Waals surface area contributed by atoms with Crippen molar-refractivity contribution < 1.29 is 0 Å². The van der Waals surface area contributed by atoms with Crippen molar-refractivity contribution in [1.29, 1.82) is 0 Å². The van der Waals surface area contributed by atoms with Crippen LogP contribution in [-0.4, -0.2) is 4.57 Å². The Bertz CT molecular complexity index is 3150. The highest BCUT2D eigenvalue weighted by molar-refractivity contribution is 6.13. The van der Waals surface area contributed by atoms with Crippen LogP contribution in [0.3, 0.4) is 0 Å². The molecule has 0 saturated heterocycles. The third-order valence-electron chi connectivity index (χ3n) is 12.1. The molecule has 1 aromatic heterocycles. The lowest BCUT2D eigenvalue weighted by Crippen LogP contribution is -2.00. The first kappa shape index (κ1) is 28.9. The molecule has 53 heavy (non-hydrogen) atoms. The van der Waals surface area contributed by atoms with E-state index < -0.39 is 0 Å². The van der Waals surface area contributed by atoms with Gasteiger partial charge in [-0.05, 0) is 132 Å². The number of benzene rings is 9. The maximum Gasteiger partial charge on any atom is 0.0544 e. The average Bonchev–Trinajstić information content (AvgIpc) is 3.86. The van der Waals surface area contributed by atoms with Crippen molar-refractivity contribution in [2.45, 2.75) is 12.3 Å². The van der Waals surface area contributed by atoms with Gasteiger partial charge in [0.2, 0.25) is 0 Å². The van der Waals surface area contributed by atoms with Gasteiger partial charge in [-0.25, -0.2) is 0 Å². The van der Waals surface area contributed by atoms with Crippen molar-refractivity contribution in [3.8, 4) is 39.1 Å². The van der Waals surface area contributed by atoms with Gasteiger partial charge in [-0.2, -0.15) is 0 Å². The molecule has 1 heterocycles. The largest absolute Gasteiger partial charge is 0.309 e. The highest BCUT2D eigenvalue weighted by atomic mass is 15.0. The van der Waals surface area contributed by atoms with E-state index in [1.165, 1.54) is 110 Å². The van der Waals surface area contributed by atoms with Gasteiger partial charge in [-0.1, -0.05) is 140 Å². The molecule has 1 atom stereocenters. The number of hydrogen-bond donors (Lipinski definition) is 0. The summed E-state index contributed by atoms with van der Waals surface area (Å²) in [6, 6.07) is 68.2. The van der Waals surface area contributed by atoms with Crippen molar-refractivity contribution in [2.75, 3.05) is 0 Å². The predicted molar refractivity (Wildman–Crippen MR) is 222 cm³/mol. The zero-order valence-corrected chi connectivity index (χ0v) is 29.1. The lowest BCUT2D eigenvalue weighted by atomic mass is 9.86. The second-order valence-corrected chi connectivity index (χ2v) is 14.8. The van der Waals surface area contributed by atoms with E-state index in [4.69, 9.17) is 0 Å². The van der Waals surface area contributed by atoms with E-state index in [0.717, 1.165) is 6.42 Å². The van der Waals surface area contributed by atoms with E-state index >= 15 is 0 Å². The Balaban J connectivity index is 1.06. The minimum atomic E-state index is 0.203. The Hall–Kier alpha value is -6.70. The SMILES string of the molecule is c1ccc2c(c1)Cc1cc3c(cc1-2)c1cc(-c2ccc4c(c2)-c2ccccc2C4c2cccc4ccccc24)ccc1n3-c1ccc2ccccc2c1. The Morgan fingerprint density at radius 1 is 0.358 bits per heavy atom. The van der Waals surface area contributed by atoms with Crippen LogP contribution in [0.25, 0.3) is 82.4 Å². The zero-order valence-electron chi connectivity index (χ0n) is 29.1. The Kier molecular flexibility index (Phi) is 5.95. The van der Waals surface area contributed by atoms with E-state index in [9.17, 15) is 0 Å². The molecule has 0 N–H and O–H groups in total. The van der Waals surface area contributed by atoms with E-state index in [0.29, 0.717) is 0 Å². The molecular weight excluding hydrogens is 639 g/mol. The molecule has 2 aliphatic carbocycles. The molecule has 0 amide bonds. The van der Waals surface area contributed by atoms with E-state index in [2.05, 4.69) is 187 Å². The molecule has 0 bridgehead atoms. The highest BCUT2D eigenvalue weighted by Crippen LogP contribution is 2.51. The summed E-state index contributed by atoms with van der Waals surface area (Å²) in [5, 5.41) is 7.72. The Morgan fingerprint density at radius 2 is 1.06 bits per heavy atom. The lowest BCUT2D eigenvalue weighted by Gasteiger charge is -2.17. The summed E-state index contributed by atoms with van der Waals surface area (Å²) in [4.78, 5) is 0. The van der Waals surface area contributed by atoms with Crippen LogP contribution in [0.15, 0.2) is 182 Å². The molecule has 0 aliphatic heterocycles. The standard InChI is InChI=1S/C52H33N/c1-2-12-34-27-39(23-20-32(34)10-1)53-50-25-22-36(29-48(50)49-31-46-38(30-51(49)53)26-37-13-4-6-16-41(37)46)35-21-24-45-47(28-35)42-17-7-8-18-44(42)52(45)43-19-9-14-33-11-3-5-15-40(33)43/h1-25,27-31,52H,26H2. The molecule has 246 valence electrons. The third-order valence-corrected chi connectivity index (χ3v) is 12.1. The van der Waals surface area contributed by atoms with Gasteiger partial charge in [0.15, 0.2) is 0 Å². The lowest BCUT2D eigenvalue weighted by molar-refractivity contribution is 1.03. The van der Waals surface area contributed by atoms with Crippen molar-refractivity contribution in [3.63, 3.8) is 0 Å². The van der Waals surface area contributed by atoms with Crippen molar-refractivity contribution in [2.24, 2.45) is 0 Å². The number of rotatable bonds is 3. The first-order valence-electron chi connectivity index (χ1n) is 18.7. The summed E-state index contributed by atoms with van der Waals surface area (Å²) < 4.78 is 2.48. The molecule has 1 nitrogen and oxygen atoms in total. The third kappa shape index (κ3) is 4.19. The zero-order chi connectivity index (χ0) is 34.6.